The molecule has 3 rings (SSSR count). The number of hydrogen-bond donors (Lipinski definition) is 1. The van der Waals surface area contributed by atoms with Gasteiger partial charge in [-0.2, -0.15) is 0 Å². The van der Waals surface area contributed by atoms with Crippen LogP contribution in [-0.4, -0.2) is 44.2 Å². The Labute approximate surface area is 144 Å². The summed E-state index contributed by atoms with van der Waals surface area (Å²) in [5.74, 6) is 2.51. The van der Waals surface area contributed by atoms with Crippen LogP contribution in [0.2, 0.25) is 0 Å². The quantitative estimate of drug-likeness (QED) is 0.752. The van der Waals surface area contributed by atoms with Crippen molar-refractivity contribution in [2.24, 2.45) is 0 Å². The summed E-state index contributed by atoms with van der Waals surface area (Å²) in [4.78, 5) is 2.52. The van der Waals surface area contributed by atoms with Crippen molar-refractivity contribution in [3.05, 3.63) is 54.6 Å². The van der Waals surface area contributed by atoms with Crippen LogP contribution in [0.15, 0.2) is 54.6 Å². The standard InChI is InChI=1S/C20H26N2O2/c1-2-7-18(8-3-1)24-20-10-6-9-19(17-20)23-16-5-4-13-22-14-11-21-12-15-22/h1-3,6-10,17,21H,4-5,11-16H2. The van der Waals surface area contributed by atoms with Gasteiger partial charge in [0.05, 0.1) is 6.61 Å². The molecule has 0 aromatic heterocycles. The second-order valence-corrected chi connectivity index (χ2v) is 6.04. The molecular weight excluding hydrogens is 300 g/mol. The first-order valence-corrected chi connectivity index (χ1v) is 8.79. The maximum Gasteiger partial charge on any atom is 0.131 e. The number of nitrogens with one attached hydrogen (secondary N) is 1. The van der Waals surface area contributed by atoms with Crippen LogP contribution >= 0.6 is 0 Å². The Hall–Kier alpha value is -2.04. The number of nitrogens with zero attached hydrogens (tertiary/aromatic N) is 1. The van der Waals surface area contributed by atoms with Crippen molar-refractivity contribution in [3.63, 3.8) is 0 Å². The fourth-order valence-electron chi connectivity index (χ4n) is 2.81. The molecule has 1 heterocycles. The summed E-state index contributed by atoms with van der Waals surface area (Å²) in [6.07, 6.45) is 2.26. The molecule has 1 aliphatic heterocycles. The molecule has 0 atom stereocenters. The lowest BCUT2D eigenvalue weighted by Gasteiger charge is -2.26. The van der Waals surface area contributed by atoms with Crippen LogP contribution in [0, 0.1) is 0 Å². The summed E-state index contributed by atoms with van der Waals surface area (Å²) < 4.78 is 11.7. The van der Waals surface area contributed by atoms with Gasteiger partial charge in [-0.3, -0.25) is 0 Å². The van der Waals surface area contributed by atoms with Crippen molar-refractivity contribution in [2.75, 3.05) is 39.3 Å². The molecular formula is C20H26N2O2. The minimum absolute atomic E-state index is 0.751. The Bertz CT molecular complexity index is 598. The molecule has 0 aliphatic carbocycles. The Kier molecular flexibility index (Phi) is 6.51. The molecule has 0 unspecified atom stereocenters. The first-order valence-electron chi connectivity index (χ1n) is 8.79. The van der Waals surface area contributed by atoms with E-state index in [9.17, 15) is 0 Å². The molecule has 1 fully saturated rings. The van der Waals surface area contributed by atoms with Gasteiger partial charge in [0.25, 0.3) is 0 Å². The molecule has 128 valence electrons. The van der Waals surface area contributed by atoms with Gasteiger partial charge < -0.3 is 19.7 Å². The van der Waals surface area contributed by atoms with E-state index in [1.54, 1.807) is 0 Å². The van der Waals surface area contributed by atoms with E-state index in [0.717, 1.165) is 43.4 Å². The predicted molar refractivity (Wildman–Crippen MR) is 97.0 cm³/mol. The van der Waals surface area contributed by atoms with Crippen LogP contribution in [0.4, 0.5) is 0 Å². The average molecular weight is 326 g/mol. The van der Waals surface area contributed by atoms with Gasteiger partial charge in [-0.15, -0.1) is 0 Å². The fraction of sp³-hybridized carbons (Fsp3) is 0.400. The molecule has 1 saturated heterocycles. The highest BCUT2D eigenvalue weighted by atomic mass is 16.5. The summed E-state index contributed by atoms with van der Waals surface area (Å²) in [5.41, 5.74) is 0. The maximum atomic E-state index is 5.86. The van der Waals surface area contributed by atoms with Gasteiger partial charge in [-0.25, -0.2) is 0 Å². The first-order chi connectivity index (χ1) is 11.9. The molecule has 2 aromatic rings. The summed E-state index contributed by atoms with van der Waals surface area (Å²) in [6.45, 7) is 6.48. The zero-order valence-electron chi connectivity index (χ0n) is 14.1. The smallest absolute Gasteiger partial charge is 0.131 e. The molecule has 24 heavy (non-hydrogen) atoms. The predicted octanol–water partition coefficient (Wildman–Crippen LogP) is 3.54. The molecule has 4 heteroatoms. The van der Waals surface area contributed by atoms with Gasteiger partial charge in [-0.05, 0) is 43.7 Å². The van der Waals surface area contributed by atoms with E-state index in [4.69, 9.17) is 9.47 Å². The van der Waals surface area contributed by atoms with Crippen LogP contribution in [0.3, 0.4) is 0 Å². The van der Waals surface area contributed by atoms with Gasteiger partial charge >= 0.3 is 0 Å². The van der Waals surface area contributed by atoms with Crippen molar-refractivity contribution < 1.29 is 9.47 Å². The lowest BCUT2D eigenvalue weighted by molar-refractivity contribution is 0.226. The Morgan fingerprint density at radius 3 is 2.42 bits per heavy atom. The zero-order chi connectivity index (χ0) is 16.5. The van der Waals surface area contributed by atoms with Crippen LogP contribution in [0.5, 0.6) is 17.2 Å². The maximum absolute atomic E-state index is 5.86. The number of rotatable bonds is 8. The third-order valence-electron chi connectivity index (χ3n) is 4.13. The highest BCUT2D eigenvalue weighted by Crippen LogP contribution is 2.25. The number of ether oxygens (including phenoxy) is 2. The van der Waals surface area contributed by atoms with E-state index >= 15 is 0 Å². The lowest BCUT2D eigenvalue weighted by atomic mass is 10.2. The molecule has 4 nitrogen and oxygen atoms in total. The van der Waals surface area contributed by atoms with Crippen LogP contribution in [-0.2, 0) is 0 Å². The van der Waals surface area contributed by atoms with Gasteiger partial charge in [0.15, 0.2) is 0 Å². The molecule has 0 radical (unpaired) electrons. The monoisotopic (exact) mass is 326 g/mol. The number of piperazine rings is 1. The minimum Gasteiger partial charge on any atom is -0.493 e. The first kappa shape index (κ1) is 16.8. The SMILES string of the molecule is c1ccc(Oc2cccc(OCCCCN3CCNCC3)c2)cc1. The van der Waals surface area contributed by atoms with Gasteiger partial charge in [0.1, 0.15) is 17.2 Å². The molecule has 0 bridgehead atoms. The molecule has 0 spiro atoms. The van der Waals surface area contributed by atoms with Crippen molar-refractivity contribution in [1.82, 2.24) is 10.2 Å². The van der Waals surface area contributed by atoms with E-state index in [1.807, 2.05) is 54.6 Å². The van der Waals surface area contributed by atoms with E-state index in [-0.39, 0.29) is 0 Å². The third-order valence-corrected chi connectivity index (χ3v) is 4.13. The van der Waals surface area contributed by atoms with Gasteiger partial charge in [-0.1, -0.05) is 24.3 Å². The van der Waals surface area contributed by atoms with E-state index < -0.39 is 0 Å². The molecule has 1 N–H and O–H groups in total. The van der Waals surface area contributed by atoms with Crippen molar-refractivity contribution in [1.29, 1.82) is 0 Å². The van der Waals surface area contributed by atoms with Crippen LogP contribution < -0.4 is 14.8 Å². The minimum atomic E-state index is 0.751. The number of hydrogen-bond acceptors (Lipinski definition) is 4. The Balaban J connectivity index is 1.38. The van der Waals surface area contributed by atoms with E-state index in [2.05, 4.69) is 10.2 Å². The largest absolute Gasteiger partial charge is 0.493 e. The van der Waals surface area contributed by atoms with E-state index in [1.165, 1.54) is 26.1 Å². The van der Waals surface area contributed by atoms with Crippen LogP contribution in [0.1, 0.15) is 12.8 Å². The summed E-state index contributed by atoms with van der Waals surface area (Å²) in [6, 6.07) is 17.7. The number of unbranched alkanes of at least 4 members (excludes halogenated alkanes) is 1. The summed E-state index contributed by atoms with van der Waals surface area (Å²) in [7, 11) is 0. The number of benzene rings is 2. The normalized spacial score (nSPS) is 15.2. The second-order valence-electron chi connectivity index (χ2n) is 6.04. The van der Waals surface area contributed by atoms with Gasteiger partial charge in [0, 0.05) is 32.2 Å². The Morgan fingerprint density at radius 1 is 0.833 bits per heavy atom. The molecule has 0 saturated carbocycles. The van der Waals surface area contributed by atoms with E-state index in [0.29, 0.717) is 0 Å². The highest BCUT2D eigenvalue weighted by molar-refractivity contribution is 5.36. The molecule has 2 aromatic carbocycles. The summed E-state index contributed by atoms with van der Waals surface area (Å²) in [5, 5.41) is 3.38. The Morgan fingerprint density at radius 2 is 1.58 bits per heavy atom. The van der Waals surface area contributed by atoms with Crippen molar-refractivity contribution >= 4 is 0 Å². The lowest BCUT2D eigenvalue weighted by Crippen LogP contribution is -2.43. The van der Waals surface area contributed by atoms with Crippen molar-refractivity contribution in [2.45, 2.75) is 12.8 Å². The van der Waals surface area contributed by atoms with Crippen molar-refractivity contribution in [3.8, 4) is 17.2 Å². The third kappa shape index (κ3) is 5.55. The average Bonchev–Trinajstić information content (AvgIpc) is 2.63. The zero-order valence-corrected chi connectivity index (χ0v) is 14.1. The second kappa shape index (κ2) is 9.30. The summed E-state index contributed by atoms with van der Waals surface area (Å²) >= 11 is 0. The fourth-order valence-corrected chi connectivity index (χ4v) is 2.81. The molecule has 0 amide bonds. The van der Waals surface area contributed by atoms with Gasteiger partial charge in [0.2, 0.25) is 0 Å². The highest BCUT2D eigenvalue weighted by Gasteiger charge is 2.08. The topological polar surface area (TPSA) is 33.7 Å². The molecule has 1 aliphatic rings. The number of para-hydroxylation sites is 1. The van der Waals surface area contributed by atoms with Crippen LogP contribution in [0.25, 0.3) is 0 Å².